The normalized spacial score (nSPS) is 12.0. The Hall–Kier alpha value is -4.28. The molecule has 39 heavy (non-hydrogen) atoms. The summed E-state index contributed by atoms with van der Waals surface area (Å²) in [4.78, 5) is 0. The van der Waals surface area contributed by atoms with E-state index in [4.69, 9.17) is 4.74 Å². The van der Waals surface area contributed by atoms with Crippen molar-refractivity contribution in [1.82, 2.24) is 0 Å². The third-order valence-corrected chi connectivity index (χ3v) is 6.31. The number of methoxy groups -OCH3 is 1. The fourth-order valence-corrected chi connectivity index (χ4v) is 4.66. The molecule has 0 radical (unpaired) electrons. The number of hydrogen-bond donors (Lipinski definition) is 0. The standard InChI is InChI=1S/C28H12F10O/c1-39-12-7-5-11(6-8-12)19-13-3-2-4-16(29)20(13)21(15-10-18(31)17(30)9-14(15)19)22-24(32)26(34)23(28(36,37)38)27(35)25(22)33/h2-10H,1H3. The zero-order valence-electron chi connectivity index (χ0n) is 19.4. The van der Waals surface area contributed by atoms with Crippen molar-refractivity contribution in [2.45, 2.75) is 6.18 Å². The molecule has 0 heterocycles. The Morgan fingerprint density at radius 1 is 0.564 bits per heavy atom. The summed E-state index contributed by atoms with van der Waals surface area (Å²) in [6.07, 6.45) is -5.82. The summed E-state index contributed by atoms with van der Waals surface area (Å²) < 4.78 is 149. The van der Waals surface area contributed by atoms with Crippen LogP contribution in [-0.2, 0) is 6.18 Å². The Kier molecular flexibility index (Phi) is 6.20. The van der Waals surface area contributed by atoms with E-state index in [9.17, 15) is 30.7 Å². The van der Waals surface area contributed by atoms with Gasteiger partial charge in [-0.3, -0.25) is 0 Å². The smallest absolute Gasteiger partial charge is 0.422 e. The third-order valence-electron chi connectivity index (χ3n) is 6.31. The number of fused-ring (bicyclic) bond motifs is 2. The quantitative estimate of drug-likeness (QED) is 0.123. The monoisotopic (exact) mass is 554 g/mol. The molecule has 0 aliphatic carbocycles. The van der Waals surface area contributed by atoms with Crippen molar-refractivity contribution in [2.24, 2.45) is 0 Å². The SMILES string of the molecule is COc1ccc(-c2c3cc(F)c(F)cc3c(-c3c(F)c(F)c(C(F)(F)F)c(F)c3F)c3c(F)cccc23)cc1. The van der Waals surface area contributed by atoms with Gasteiger partial charge in [-0.1, -0.05) is 24.3 Å². The molecule has 0 bridgehead atoms. The highest BCUT2D eigenvalue weighted by atomic mass is 19.4. The number of hydrogen-bond acceptors (Lipinski definition) is 1. The zero-order valence-corrected chi connectivity index (χ0v) is 19.4. The van der Waals surface area contributed by atoms with Gasteiger partial charge in [0.2, 0.25) is 0 Å². The summed E-state index contributed by atoms with van der Waals surface area (Å²) >= 11 is 0. The van der Waals surface area contributed by atoms with Gasteiger partial charge in [0.15, 0.2) is 34.9 Å². The summed E-state index contributed by atoms with van der Waals surface area (Å²) in [6, 6.07) is 10.2. The van der Waals surface area contributed by atoms with Gasteiger partial charge in [0.25, 0.3) is 0 Å². The van der Waals surface area contributed by atoms with E-state index in [0.717, 1.165) is 6.07 Å². The molecule has 0 aliphatic rings. The second-order valence-corrected chi connectivity index (χ2v) is 8.46. The lowest BCUT2D eigenvalue weighted by atomic mass is 9.85. The van der Waals surface area contributed by atoms with Crippen LogP contribution >= 0.6 is 0 Å². The highest BCUT2D eigenvalue weighted by molar-refractivity contribution is 6.21. The van der Waals surface area contributed by atoms with Gasteiger partial charge in [0.05, 0.1) is 12.7 Å². The van der Waals surface area contributed by atoms with E-state index in [-0.39, 0.29) is 21.9 Å². The van der Waals surface area contributed by atoms with Crippen LogP contribution < -0.4 is 4.74 Å². The first-order valence-corrected chi connectivity index (χ1v) is 11.0. The van der Waals surface area contributed by atoms with Crippen molar-refractivity contribution in [3.05, 3.63) is 101 Å². The molecular formula is C28H12F10O. The van der Waals surface area contributed by atoms with E-state index in [1.54, 1.807) is 0 Å². The average Bonchev–Trinajstić information content (AvgIpc) is 2.88. The van der Waals surface area contributed by atoms with Gasteiger partial charge in [-0.15, -0.1) is 0 Å². The molecule has 0 spiro atoms. The Morgan fingerprint density at radius 2 is 1.10 bits per heavy atom. The van der Waals surface area contributed by atoms with Crippen LogP contribution in [0.2, 0.25) is 0 Å². The molecule has 200 valence electrons. The maximum atomic E-state index is 15.4. The molecule has 0 N–H and O–H groups in total. The second-order valence-electron chi connectivity index (χ2n) is 8.46. The van der Waals surface area contributed by atoms with Crippen molar-refractivity contribution in [3.8, 4) is 28.0 Å². The lowest BCUT2D eigenvalue weighted by Crippen LogP contribution is -2.16. The molecule has 11 heteroatoms. The summed E-state index contributed by atoms with van der Waals surface area (Å²) in [5.41, 5.74) is -5.23. The van der Waals surface area contributed by atoms with Gasteiger partial charge < -0.3 is 4.74 Å². The fraction of sp³-hybridized carbons (Fsp3) is 0.0714. The zero-order chi connectivity index (χ0) is 28.4. The molecule has 1 nitrogen and oxygen atoms in total. The van der Waals surface area contributed by atoms with Crippen LogP contribution in [0, 0.1) is 40.7 Å². The molecule has 5 rings (SSSR count). The predicted molar refractivity (Wildman–Crippen MR) is 124 cm³/mol. The topological polar surface area (TPSA) is 9.23 Å². The van der Waals surface area contributed by atoms with E-state index in [1.807, 2.05) is 0 Å². The van der Waals surface area contributed by atoms with E-state index in [0.29, 0.717) is 17.9 Å². The van der Waals surface area contributed by atoms with Gasteiger partial charge >= 0.3 is 6.18 Å². The Morgan fingerprint density at radius 3 is 1.62 bits per heavy atom. The number of ether oxygens (including phenoxy) is 1. The molecule has 0 atom stereocenters. The first-order chi connectivity index (χ1) is 18.4. The summed E-state index contributed by atoms with van der Waals surface area (Å²) in [5.74, 6) is -14.4. The molecule has 0 aliphatic heterocycles. The van der Waals surface area contributed by atoms with Crippen molar-refractivity contribution in [1.29, 1.82) is 0 Å². The molecule has 5 aromatic carbocycles. The number of alkyl halides is 3. The van der Waals surface area contributed by atoms with E-state index >= 15 is 13.2 Å². The Balaban J connectivity index is 2.05. The second kappa shape index (κ2) is 9.18. The minimum atomic E-state index is -5.82. The molecule has 0 fully saturated rings. The van der Waals surface area contributed by atoms with Crippen LogP contribution in [0.25, 0.3) is 43.8 Å². The van der Waals surface area contributed by atoms with Gasteiger partial charge in [-0.2, -0.15) is 13.2 Å². The molecule has 0 saturated heterocycles. The number of benzene rings is 5. The van der Waals surface area contributed by atoms with Crippen LogP contribution in [0.15, 0.2) is 54.6 Å². The van der Waals surface area contributed by atoms with Crippen LogP contribution in [0.5, 0.6) is 5.75 Å². The van der Waals surface area contributed by atoms with E-state index in [2.05, 4.69) is 0 Å². The largest absolute Gasteiger partial charge is 0.497 e. The molecule has 0 amide bonds. The minimum Gasteiger partial charge on any atom is -0.497 e. The number of halogens is 10. The summed E-state index contributed by atoms with van der Waals surface area (Å²) in [7, 11) is 1.38. The lowest BCUT2D eigenvalue weighted by molar-refractivity contribution is -0.143. The highest BCUT2D eigenvalue weighted by Gasteiger charge is 2.43. The number of rotatable bonds is 3. The molecule has 0 aromatic heterocycles. The van der Waals surface area contributed by atoms with Crippen molar-refractivity contribution in [2.75, 3.05) is 7.11 Å². The maximum absolute atomic E-state index is 15.4. The molecular weight excluding hydrogens is 542 g/mol. The van der Waals surface area contributed by atoms with Gasteiger partial charge in [-0.05, 0) is 57.6 Å². The first-order valence-electron chi connectivity index (χ1n) is 11.0. The van der Waals surface area contributed by atoms with Crippen LogP contribution in [0.4, 0.5) is 43.9 Å². The van der Waals surface area contributed by atoms with Gasteiger partial charge in [0, 0.05) is 10.9 Å². The minimum absolute atomic E-state index is 0.0403. The molecule has 0 unspecified atom stereocenters. The third kappa shape index (κ3) is 4.03. The van der Waals surface area contributed by atoms with E-state index < -0.39 is 74.4 Å². The Labute approximate surface area is 212 Å². The fourth-order valence-electron chi connectivity index (χ4n) is 4.66. The van der Waals surface area contributed by atoms with Crippen molar-refractivity contribution >= 4 is 21.5 Å². The van der Waals surface area contributed by atoms with Crippen LogP contribution in [0.3, 0.4) is 0 Å². The lowest BCUT2D eigenvalue weighted by Gasteiger charge is -2.20. The van der Waals surface area contributed by atoms with Crippen molar-refractivity contribution < 1.29 is 48.6 Å². The summed E-state index contributed by atoms with van der Waals surface area (Å²) in [5, 5.41) is -1.74. The van der Waals surface area contributed by atoms with Crippen molar-refractivity contribution in [3.63, 3.8) is 0 Å². The van der Waals surface area contributed by atoms with Crippen LogP contribution in [0.1, 0.15) is 5.56 Å². The molecule has 5 aromatic rings. The average molecular weight is 554 g/mol. The predicted octanol–water partition coefficient (Wildman–Crippen LogP) is 9.33. The van der Waals surface area contributed by atoms with E-state index in [1.165, 1.54) is 43.5 Å². The molecule has 0 saturated carbocycles. The highest BCUT2D eigenvalue weighted by Crippen LogP contribution is 2.48. The van der Waals surface area contributed by atoms with Gasteiger partial charge in [0.1, 0.15) is 17.1 Å². The van der Waals surface area contributed by atoms with Gasteiger partial charge in [-0.25, -0.2) is 30.7 Å². The maximum Gasteiger partial charge on any atom is 0.422 e. The first kappa shape index (κ1) is 26.3. The summed E-state index contributed by atoms with van der Waals surface area (Å²) in [6.45, 7) is 0. The Bertz CT molecular complexity index is 1760. The van der Waals surface area contributed by atoms with Crippen LogP contribution in [-0.4, -0.2) is 7.11 Å².